The fourth-order valence-corrected chi connectivity index (χ4v) is 5.03. The average Bonchev–Trinajstić information content (AvgIpc) is 2.71. The van der Waals surface area contributed by atoms with Gasteiger partial charge in [-0.1, -0.05) is 51.0 Å². The molecule has 0 aromatic carbocycles. The smallest absolute Gasteiger partial charge is 0.188 e. The molecule has 5 heteroatoms. The first-order valence-electron chi connectivity index (χ1n) is 11.0. The fourth-order valence-electron chi connectivity index (χ4n) is 5.03. The predicted molar refractivity (Wildman–Crippen MR) is 113 cm³/mol. The van der Waals surface area contributed by atoms with Crippen LogP contribution in [0.1, 0.15) is 77.0 Å². The summed E-state index contributed by atoms with van der Waals surface area (Å²) in [5, 5.41) is 17.7. The summed E-state index contributed by atoms with van der Waals surface area (Å²) < 4.78 is 0. The molecule has 0 aliphatic heterocycles. The molecule has 2 aliphatic carbocycles. The Kier molecular flexibility index (Phi) is 9.32. The Morgan fingerprint density at radius 1 is 1.15 bits per heavy atom. The second-order valence-electron chi connectivity index (χ2n) is 8.70. The molecule has 0 bridgehead atoms. The maximum absolute atomic E-state index is 12.3. The molecule has 5 nitrogen and oxygen atoms in total. The van der Waals surface area contributed by atoms with E-state index in [-0.39, 0.29) is 5.96 Å². The molecule has 0 aromatic heterocycles. The van der Waals surface area contributed by atoms with Crippen LogP contribution in [0.3, 0.4) is 0 Å². The molecule has 0 heterocycles. The van der Waals surface area contributed by atoms with Crippen LogP contribution in [0.4, 0.5) is 0 Å². The van der Waals surface area contributed by atoms with Gasteiger partial charge in [0.05, 0.1) is 5.54 Å². The Morgan fingerprint density at radius 2 is 1.89 bits per heavy atom. The van der Waals surface area contributed by atoms with E-state index in [1.54, 1.807) is 7.05 Å². The quantitative estimate of drug-likeness (QED) is 0.203. The number of carbonyl (C=O) groups excluding carboxylic acids is 1. The molecule has 2 aliphatic rings. The van der Waals surface area contributed by atoms with Gasteiger partial charge in [0.2, 0.25) is 0 Å². The summed E-state index contributed by atoms with van der Waals surface area (Å²) in [5.41, 5.74) is -0.609. The van der Waals surface area contributed by atoms with E-state index < -0.39 is 5.54 Å². The number of rotatable bonds is 10. The lowest BCUT2D eigenvalue weighted by Gasteiger charge is -2.38. The summed E-state index contributed by atoms with van der Waals surface area (Å²) in [5.74, 6) is 1.52. The minimum Gasteiger partial charge on any atom is -0.360 e. The van der Waals surface area contributed by atoms with Crippen LogP contribution in [0.2, 0.25) is 0 Å². The molecule has 2 saturated carbocycles. The van der Waals surface area contributed by atoms with Crippen molar-refractivity contribution in [2.45, 2.75) is 88.6 Å². The zero-order valence-corrected chi connectivity index (χ0v) is 17.2. The Bertz CT molecular complexity index is 475. The van der Waals surface area contributed by atoms with Gasteiger partial charge in [0.15, 0.2) is 5.96 Å². The first-order chi connectivity index (χ1) is 13.1. The molecule has 0 radical (unpaired) electrons. The number of hydrogen-bond acceptors (Lipinski definition) is 3. The molecule has 0 spiro atoms. The normalized spacial score (nSPS) is 26.0. The zero-order chi connectivity index (χ0) is 19.5. The first kappa shape index (κ1) is 21.9. The minimum absolute atomic E-state index is 0.253. The summed E-state index contributed by atoms with van der Waals surface area (Å²) in [7, 11) is 1.74. The van der Waals surface area contributed by atoms with Gasteiger partial charge in [-0.3, -0.25) is 5.41 Å². The van der Waals surface area contributed by atoms with Gasteiger partial charge >= 0.3 is 0 Å². The van der Waals surface area contributed by atoms with E-state index in [0.717, 1.165) is 44.4 Å². The molecule has 0 amide bonds. The van der Waals surface area contributed by atoms with Gasteiger partial charge in [0, 0.05) is 19.6 Å². The highest BCUT2D eigenvalue weighted by Gasteiger charge is 2.36. The van der Waals surface area contributed by atoms with E-state index >= 15 is 0 Å². The molecule has 4 N–H and O–H groups in total. The fraction of sp³-hybridized carbons (Fsp3) is 0.818. The highest BCUT2D eigenvalue weighted by atomic mass is 16.1. The Balaban J connectivity index is 1.99. The van der Waals surface area contributed by atoms with Crippen LogP contribution in [-0.4, -0.2) is 37.4 Å². The van der Waals surface area contributed by atoms with Crippen LogP contribution >= 0.6 is 0 Å². The van der Waals surface area contributed by atoms with Crippen molar-refractivity contribution >= 4 is 12.2 Å². The number of carbonyl (C=O) groups is 1. The molecular weight excluding hydrogens is 336 g/mol. The van der Waals surface area contributed by atoms with Gasteiger partial charge in [0.25, 0.3) is 0 Å². The highest BCUT2D eigenvalue weighted by Crippen LogP contribution is 2.35. The van der Waals surface area contributed by atoms with Gasteiger partial charge in [-0.2, -0.15) is 0 Å². The van der Waals surface area contributed by atoms with Gasteiger partial charge < -0.3 is 20.7 Å². The van der Waals surface area contributed by atoms with Crippen LogP contribution in [0.5, 0.6) is 0 Å². The summed E-state index contributed by atoms with van der Waals surface area (Å²) in [6.45, 7) is 4.65. The summed E-state index contributed by atoms with van der Waals surface area (Å²) in [6.07, 6.45) is 17.1. The standard InChI is InChI=1S/C22H40N4O/c1-3-14-25-20-11-7-10-19(15-20)16-22(17-27,26-21(23)24-2)13-12-18-8-5-4-6-9-18/h3,17-20,25H,1,4-16H2,2H3,(H3,23,24,26)/t19-,20-,22-/m1/s1. The monoisotopic (exact) mass is 376 g/mol. The lowest BCUT2D eigenvalue weighted by molar-refractivity contribution is -0.114. The average molecular weight is 377 g/mol. The van der Waals surface area contributed by atoms with Crippen molar-refractivity contribution in [3.05, 3.63) is 12.7 Å². The van der Waals surface area contributed by atoms with E-state index in [9.17, 15) is 4.79 Å². The first-order valence-corrected chi connectivity index (χ1v) is 11.0. The van der Waals surface area contributed by atoms with Crippen molar-refractivity contribution in [1.29, 1.82) is 5.41 Å². The van der Waals surface area contributed by atoms with Crippen molar-refractivity contribution in [3.8, 4) is 0 Å². The third-order valence-electron chi connectivity index (χ3n) is 6.56. The van der Waals surface area contributed by atoms with Crippen molar-refractivity contribution in [1.82, 2.24) is 16.0 Å². The molecule has 154 valence electrons. The topological polar surface area (TPSA) is 77.0 Å². The van der Waals surface area contributed by atoms with Crippen LogP contribution in [0.25, 0.3) is 0 Å². The van der Waals surface area contributed by atoms with Gasteiger partial charge in [-0.15, -0.1) is 6.58 Å². The Labute approximate surface area is 165 Å². The van der Waals surface area contributed by atoms with E-state index in [4.69, 9.17) is 5.41 Å². The Hall–Kier alpha value is -1.36. The largest absolute Gasteiger partial charge is 0.360 e. The minimum atomic E-state index is -0.609. The van der Waals surface area contributed by atoms with Gasteiger partial charge in [-0.05, 0) is 43.9 Å². The van der Waals surface area contributed by atoms with Gasteiger partial charge in [0.1, 0.15) is 6.29 Å². The molecule has 3 atom stereocenters. The molecule has 0 aromatic rings. The van der Waals surface area contributed by atoms with Crippen molar-refractivity contribution < 1.29 is 4.79 Å². The van der Waals surface area contributed by atoms with E-state index in [1.807, 2.05) is 6.08 Å². The Morgan fingerprint density at radius 3 is 2.56 bits per heavy atom. The highest BCUT2D eigenvalue weighted by molar-refractivity contribution is 5.81. The lowest BCUT2D eigenvalue weighted by Crippen LogP contribution is -2.54. The molecule has 27 heavy (non-hydrogen) atoms. The number of nitrogens with one attached hydrogen (secondary N) is 4. The molecule has 2 rings (SSSR count). The van der Waals surface area contributed by atoms with Crippen molar-refractivity contribution in [2.24, 2.45) is 11.8 Å². The summed E-state index contributed by atoms with van der Waals surface area (Å²) in [6, 6.07) is 0.521. The van der Waals surface area contributed by atoms with Crippen LogP contribution in [0, 0.1) is 17.2 Å². The number of hydrogen-bond donors (Lipinski definition) is 4. The summed E-state index contributed by atoms with van der Waals surface area (Å²) in [4.78, 5) is 12.3. The number of guanidine groups is 1. The summed E-state index contributed by atoms with van der Waals surface area (Å²) >= 11 is 0. The third kappa shape index (κ3) is 7.28. The van der Waals surface area contributed by atoms with E-state index in [2.05, 4.69) is 22.5 Å². The SMILES string of the molecule is C=CCN[C@@H]1CCC[C@@H](C[C@@](C=O)(CCC2CCCCC2)NC(=N)NC)C1. The maximum Gasteiger partial charge on any atom is 0.188 e. The zero-order valence-electron chi connectivity index (χ0n) is 17.2. The number of aldehydes is 1. The second kappa shape index (κ2) is 11.5. The van der Waals surface area contributed by atoms with E-state index in [0.29, 0.717) is 12.0 Å². The predicted octanol–water partition coefficient (Wildman–Crippen LogP) is 3.75. The molecule has 0 saturated heterocycles. The van der Waals surface area contributed by atoms with E-state index in [1.165, 1.54) is 51.4 Å². The third-order valence-corrected chi connectivity index (χ3v) is 6.56. The van der Waals surface area contributed by atoms with Gasteiger partial charge in [-0.25, -0.2) is 0 Å². The van der Waals surface area contributed by atoms with Crippen molar-refractivity contribution in [3.63, 3.8) is 0 Å². The van der Waals surface area contributed by atoms with Crippen LogP contribution in [-0.2, 0) is 4.79 Å². The second-order valence-corrected chi connectivity index (χ2v) is 8.70. The lowest BCUT2D eigenvalue weighted by atomic mass is 9.74. The van der Waals surface area contributed by atoms with Crippen LogP contribution in [0.15, 0.2) is 12.7 Å². The van der Waals surface area contributed by atoms with Crippen molar-refractivity contribution in [2.75, 3.05) is 13.6 Å². The molecular formula is C22H40N4O. The molecule has 0 unspecified atom stereocenters. The molecule has 2 fully saturated rings. The van der Waals surface area contributed by atoms with Crippen LogP contribution < -0.4 is 16.0 Å². The maximum atomic E-state index is 12.3.